The van der Waals surface area contributed by atoms with Gasteiger partial charge in [-0.3, -0.25) is 9.59 Å². The number of nitrogens with zero attached hydrogens (tertiary/aromatic N) is 1. The second kappa shape index (κ2) is 7.25. The molecule has 1 atom stereocenters. The second-order valence-electron chi connectivity index (χ2n) is 6.18. The van der Waals surface area contributed by atoms with Crippen LogP contribution in [-0.4, -0.2) is 29.8 Å². The highest BCUT2D eigenvalue weighted by atomic mass is 16.2. The minimum Gasteiger partial charge on any atom is -0.339 e. The third-order valence-corrected chi connectivity index (χ3v) is 4.08. The highest BCUT2D eigenvalue weighted by Gasteiger charge is 2.26. The first-order valence-corrected chi connectivity index (χ1v) is 7.80. The Bertz CT molecular complexity index is 566. The van der Waals surface area contributed by atoms with Gasteiger partial charge in [0, 0.05) is 25.2 Å². The zero-order chi connectivity index (χ0) is 16.1. The second-order valence-corrected chi connectivity index (χ2v) is 6.18. The molecular weight excluding hydrogens is 276 g/mol. The Morgan fingerprint density at radius 3 is 2.91 bits per heavy atom. The van der Waals surface area contributed by atoms with Gasteiger partial charge in [-0.15, -0.1) is 0 Å². The van der Waals surface area contributed by atoms with Crippen molar-refractivity contribution in [3.63, 3.8) is 0 Å². The van der Waals surface area contributed by atoms with Crippen molar-refractivity contribution in [3.05, 3.63) is 42.5 Å². The molecule has 4 heteroatoms. The topological polar surface area (TPSA) is 49.4 Å². The monoisotopic (exact) mass is 300 g/mol. The lowest BCUT2D eigenvalue weighted by molar-refractivity contribution is -0.125. The molecule has 1 saturated heterocycles. The average molecular weight is 300 g/mol. The number of anilines is 1. The molecule has 1 heterocycles. The van der Waals surface area contributed by atoms with E-state index in [2.05, 4.69) is 31.8 Å². The summed E-state index contributed by atoms with van der Waals surface area (Å²) < 4.78 is 0. The van der Waals surface area contributed by atoms with Crippen molar-refractivity contribution < 1.29 is 9.59 Å². The van der Waals surface area contributed by atoms with Crippen molar-refractivity contribution in [1.29, 1.82) is 0 Å². The molecule has 22 heavy (non-hydrogen) atoms. The van der Waals surface area contributed by atoms with Gasteiger partial charge in [-0.2, -0.15) is 0 Å². The Hall–Kier alpha value is -2.10. The molecule has 4 nitrogen and oxygen atoms in total. The normalized spacial score (nSPS) is 17.6. The molecule has 1 fully saturated rings. The van der Waals surface area contributed by atoms with Gasteiger partial charge in [0.15, 0.2) is 0 Å². The standard InChI is InChI=1S/C18H24N2O2/c1-4-18(22)20-9-8-14(12-20)10-17(21)19-16-7-5-6-15(11-16)13(2)3/h4-7,11,13-14H,1,8-10,12H2,2-3H3,(H,19,21)/t14-/m0/s1. The molecule has 2 rings (SSSR count). The number of nitrogens with one attached hydrogen (secondary N) is 1. The Kier molecular flexibility index (Phi) is 5.36. The first-order chi connectivity index (χ1) is 10.5. The summed E-state index contributed by atoms with van der Waals surface area (Å²) in [4.78, 5) is 25.5. The van der Waals surface area contributed by atoms with Crippen LogP contribution >= 0.6 is 0 Å². The average Bonchev–Trinajstić information content (AvgIpc) is 2.95. The molecule has 1 aliphatic rings. The van der Waals surface area contributed by atoms with Crippen LogP contribution in [0.5, 0.6) is 0 Å². The summed E-state index contributed by atoms with van der Waals surface area (Å²) in [6.07, 6.45) is 2.66. The Labute approximate surface area is 132 Å². The molecule has 1 aromatic rings. The summed E-state index contributed by atoms with van der Waals surface area (Å²) in [7, 11) is 0. The molecule has 1 aliphatic heterocycles. The third-order valence-electron chi connectivity index (χ3n) is 4.08. The van der Waals surface area contributed by atoms with Gasteiger partial charge >= 0.3 is 0 Å². The Morgan fingerprint density at radius 1 is 1.45 bits per heavy atom. The maximum atomic E-state index is 12.2. The molecule has 0 saturated carbocycles. The van der Waals surface area contributed by atoms with Crippen molar-refractivity contribution in [2.24, 2.45) is 5.92 Å². The van der Waals surface area contributed by atoms with E-state index in [1.54, 1.807) is 4.90 Å². The molecule has 0 radical (unpaired) electrons. The van der Waals surface area contributed by atoms with E-state index in [4.69, 9.17) is 0 Å². The minimum atomic E-state index is -0.0486. The van der Waals surface area contributed by atoms with Gasteiger partial charge in [-0.1, -0.05) is 32.6 Å². The van der Waals surface area contributed by atoms with E-state index in [1.165, 1.54) is 11.6 Å². The Balaban J connectivity index is 1.87. The summed E-state index contributed by atoms with van der Waals surface area (Å²) >= 11 is 0. The van der Waals surface area contributed by atoms with Crippen LogP contribution in [0.4, 0.5) is 5.69 Å². The predicted molar refractivity (Wildman–Crippen MR) is 88.7 cm³/mol. The zero-order valence-electron chi connectivity index (χ0n) is 13.3. The van der Waals surface area contributed by atoms with E-state index in [0.29, 0.717) is 25.4 Å². The van der Waals surface area contributed by atoms with E-state index < -0.39 is 0 Å². The quantitative estimate of drug-likeness (QED) is 0.849. The molecule has 0 aromatic heterocycles. The number of rotatable bonds is 5. The van der Waals surface area contributed by atoms with Gasteiger partial charge in [-0.25, -0.2) is 0 Å². The predicted octanol–water partition coefficient (Wildman–Crippen LogP) is 3.17. The van der Waals surface area contributed by atoms with Gasteiger partial charge in [0.1, 0.15) is 0 Å². The van der Waals surface area contributed by atoms with Crippen LogP contribution in [0.3, 0.4) is 0 Å². The number of carbonyl (C=O) groups excluding carboxylic acids is 2. The minimum absolute atomic E-state index is 0.0128. The van der Waals surface area contributed by atoms with Crippen LogP contribution in [0, 0.1) is 5.92 Å². The van der Waals surface area contributed by atoms with E-state index in [0.717, 1.165) is 12.1 Å². The molecule has 1 aromatic carbocycles. The van der Waals surface area contributed by atoms with Crippen molar-refractivity contribution >= 4 is 17.5 Å². The van der Waals surface area contributed by atoms with Crippen LogP contribution in [0.25, 0.3) is 0 Å². The van der Waals surface area contributed by atoms with Gasteiger partial charge in [0.2, 0.25) is 11.8 Å². The highest BCUT2D eigenvalue weighted by molar-refractivity contribution is 5.91. The van der Waals surface area contributed by atoms with Crippen molar-refractivity contribution in [3.8, 4) is 0 Å². The Morgan fingerprint density at radius 2 is 2.23 bits per heavy atom. The third kappa shape index (κ3) is 4.20. The van der Waals surface area contributed by atoms with Crippen molar-refractivity contribution in [2.45, 2.75) is 32.6 Å². The van der Waals surface area contributed by atoms with E-state index >= 15 is 0 Å². The molecule has 118 valence electrons. The molecule has 0 unspecified atom stereocenters. The molecule has 0 bridgehead atoms. The van der Waals surface area contributed by atoms with Crippen LogP contribution in [0.1, 0.15) is 38.2 Å². The number of benzene rings is 1. The fourth-order valence-corrected chi connectivity index (χ4v) is 2.78. The molecule has 0 aliphatic carbocycles. The van der Waals surface area contributed by atoms with E-state index in [9.17, 15) is 9.59 Å². The first-order valence-electron chi connectivity index (χ1n) is 7.80. The number of likely N-dealkylation sites (tertiary alicyclic amines) is 1. The lowest BCUT2D eigenvalue weighted by Crippen LogP contribution is -2.27. The number of hydrogen-bond acceptors (Lipinski definition) is 2. The van der Waals surface area contributed by atoms with Crippen LogP contribution in [0.15, 0.2) is 36.9 Å². The van der Waals surface area contributed by atoms with Gasteiger partial charge < -0.3 is 10.2 Å². The van der Waals surface area contributed by atoms with Crippen molar-refractivity contribution in [1.82, 2.24) is 4.90 Å². The lowest BCUT2D eigenvalue weighted by atomic mass is 10.0. The van der Waals surface area contributed by atoms with Crippen LogP contribution in [-0.2, 0) is 9.59 Å². The van der Waals surface area contributed by atoms with Crippen LogP contribution in [0.2, 0.25) is 0 Å². The summed E-state index contributed by atoms with van der Waals surface area (Å²) in [5.41, 5.74) is 2.05. The molecular formula is C18H24N2O2. The van der Waals surface area contributed by atoms with E-state index in [1.807, 2.05) is 18.2 Å². The fourth-order valence-electron chi connectivity index (χ4n) is 2.78. The summed E-state index contributed by atoms with van der Waals surface area (Å²) in [6, 6.07) is 7.96. The molecule has 2 amide bonds. The number of amides is 2. The maximum absolute atomic E-state index is 12.2. The fraction of sp³-hybridized carbons (Fsp3) is 0.444. The van der Waals surface area contributed by atoms with Gasteiger partial charge in [0.25, 0.3) is 0 Å². The summed E-state index contributed by atoms with van der Waals surface area (Å²) in [5, 5.41) is 2.96. The highest BCUT2D eigenvalue weighted by Crippen LogP contribution is 2.22. The maximum Gasteiger partial charge on any atom is 0.245 e. The van der Waals surface area contributed by atoms with Crippen molar-refractivity contribution in [2.75, 3.05) is 18.4 Å². The van der Waals surface area contributed by atoms with Gasteiger partial charge in [-0.05, 0) is 42.0 Å². The van der Waals surface area contributed by atoms with Crippen LogP contribution < -0.4 is 5.32 Å². The number of hydrogen-bond donors (Lipinski definition) is 1. The zero-order valence-corrected chi connectivity index (χ0v) is 13.3. The molecule has 1 N–H and O–H groups in total. The first kappa shape index (κ1) is 16.3. The smallest absolute Gasteiger partial charge is 0.245 e. The largest absolute Gasteiger partial charge is 0.339 e. The molecule has 0 spiro atoms. The lowest BCUT2D eigenvalue weighted by Gasteiger charge is -2.14. The summed E-state index contributed by atoms with van der Waals surface area (Å²) in [6.45, 7) is 9.12. The summed E-state index contributed by atoms with van der Waals surface area (Å²) in [5.74, 6) is 0.633. The number of carbonyl (C=O) groups is 2. The van der Waals surface area contributed by atoms with Gasteiger partial charge in [0.05, 0.1) is 0 Å². The van der Waals surface area contributed by atoms with E-state index in [-0.39, 0.29) is 17.7 Å². The SMILES string of the molecule is C=CC(=O)N1CC[C@@H](CC(=O)Nc2cccc(C(C)C)c2)C1.